The average molecular weight is 401 g/mol. The Kier molecular flexibility index (Phi) is 5.97. The zero-order chi connectivity index (χ0) is 18.1. The Bertz CT molecular complexity index is 1130. The van der Waals surface area contributed by atoms with Crippen LogP contribution in [-0.4, -0.2) is 16.6 Å². The van der Waals surface area contributed by atoms with Gasteiger partial charge in [-0.1, -0.05) is 37.3 Å². The fourth-order valence-corrected chi connectivity index (χ4v) is 4.21. The molecule has 0 fully saturated rings. The number of aliphatic hydroxyl groups is 1. The molecule has 4 aromatic rings. The highest BCUT2D eigenvalue weighted by Crippen LogP contribution is 2.36. The van der Waals surface area contributed by atoms with Gasteiger partial charge in [0.2, 0.25) is 0 Å². The molecule has 27 heavy (non-hydrogen) atoms. The average Bonchev–Trinajstić information content (AvgIpc) is 3.17. The first kappa shape index (κ1) is 19.6. The summed E-state index contributed by atoms with van der Waals surface area (Å²) in [6.45, 7) is 3.81. The number of nitrogens with one attached hydrogen (secondary N) is 2. The van der Waals surface area contributed by atoms with Crippen LogP contribution >= 0.6 is 23.7 Å². The lowest BCUT2D eigenvalue weighted by Crippen LogP contribution is -2.11. The van der Waals surface area contributed by atoms with Crippen LogP contribution < -0.4 is 10.9 Å². The minimum atomic E-state index is -0.0637. The van der Waals surface area contributed by atoms with Gasteiger partial charge in [0.1, 0.15) is 4.70 Å². The molecule has 0 aliphatic rings. The van der Waals surface area contributed by atoms with E-state index >= 15 is 0 Å². The molecule has 2 heterocycles. The molecule has 0 unspecified atom stereocenters. The second-order valence-electron chi connectivity index (χ2n) is 6.28. The van der Waals surface area contributed by atoms with Gasteiger partial charge in [-0.2, -0.15) is 0 Å². The van der Waals surface area contributed by atoms with E-state index in [0.29, 0.717) is 0 Å². The van der Waals surface area contributed by atoms with E-state index < -0.39 is 0 Å². The number of hydrogen-bond acceptors (Lipinski definition) is 4. The molecule has 4 nitrogen and oxygen atoms in total. The molecule has 0 saturated heterocycles. The van der Waals surface area contributed by atoms with Gasteiger partial charge in [0, 0.05) is 22.8 Å². The summed E-state index contributed by atoms with van der Waals surface area (Å²) in [5.74, 6) is 0. The summed E-state index contributed by atoms with van der Waals surface area (Å²) in [6, 6.07) is 14.1. The van der Waals surface area contributed by atoms with E-state index in [-0.39, 0.29) is 24.6 Å². The fourth-order valence-electron chi connectivity index (χ4n) is 3.41. The van der Waals surface area contributed by atoms with Crippen molar-refractivity contribution in [3.8, 4) is 11.1 Å². The smallest absolute Gasteiger partial charge is 0.266 e. The highest BCUT2D eigenvalue weighted by atomic mass is 35.5. The van der Waals surface area contributed by atoms with E-state index in [1.165, 1.54) is 16.9 Å². The molecule has 4 rings (SSSR count). The molecule has 3 N–H and O–H groups in total. The first-order valence-corrected chi connectivity index (χ1v) is 9.57. The van der Waals surface area contributed by atoms with Crippen molar-refractivity contribution in [2.75, 3.05) is 6.54 Å². The van der Waals surface area contributed by atoms with Crippen molar-refractivity contribution < 1.29 is 5.11 Å². The quantitative estimate of drug-likeness (QED) is 0.464. The maximum atomic E-state index is 12.3. The lowest BCUT2D eigenvalue weighted by atomic mass is 9.93. The maximum absolute atomic E-state index is 12.3. The minimum Gasteiger partial charge on any atom is -0.392 e. The Morgan fingerprint density at radius 2 is 1.89 bits per heavy atom. The molecule has 6 heteroatoms. The Hall–Kier alpha value is -2.18. The molecule has 140 valence electrons. The van der Waals surface area contributed by atoms with E-state index in [9.17, 15) is 9.90 Å². The molecular weight excluding hydrogens is 380 g/mol. The number of aliphatic hydroxyl groups excluding tert-OH is 1. The number of fused-ring (bicyclic) bond motifs is 3. The number of aromatic nitrogens is 1. The van der Waals surface area contributed by atoms with E-state index in [4.69, 9.17) is 0 Å². The summed E-state index contributed by atoms with van der Waals surface area (Å²) in [6.07, 6.45) is 0. The lowest BCUT2D eigenvalue weighted by Gasteiger charge is -2.14. The van der Waals surface area contributed by atoms with Crippen LogP contribution in [0, 0.1) is 0 Å². The summed E-state index contributed by atoms with van der Waals surface area (Å²) < 4.78 is 0.720. The standard InChI is InChI=1S/C21H20N2O2S.ClH/c1-2-22-11-13-3-5-14(6-4-13)18-15(12-24)7-8-17-19(18)16-9-10-26-20(16)21(25)23-17;/h3-10,22,24H,2,11-12H2,1H3,(H,23,25);1H. The first-order valence-electron chi connectivity index (χ1n) is 8.69. The van der Waals surface area contributed by atoms with Gasteiger partial charge in [-0.3, -0.25) is 4.79 Å². The summed E-state index contributed by atoms with van der Waals surface area (Å²) >= 11 is 1.44. The van der Waals surface area contributed by atoms with Crippen LogP contribution in [0.3, 0.4) is 0 Å². The van der Waals surface area contributed by atoms with Crippen LogP contribution in [0.5, 0.6) is 0 Å². The maximum Gasteiger partial charge on any atom is 0.266 e. The Morgan fingerprint density at radius 3 is 2.59 bits per heavy atom. The molecule has 2 aromatic carbocycles. The van der Waals surface area contributed by atoms with Crippen molar-refractivity contribution in [3.05, 3.63) is 69.3 Å². The van der Waals surface area contributed by atoms with Gasteiger partial charge in [-0.25, -0.2) is 0 Å². The van der Waals surface area contributed by atoms with Gasteiger partial charge in [-0.15, -0.1) is 23.7 Å². The SMILES string of the molecule is CCNCc1ccc(-c2c(CO)ccc3[nH]c(=O)c4sccc4c23)cc1.Cl. The number of pyridine rings is 1. The molecule has 0 aliphatic carbocycles. The highest BCUT2D eigenvalue weighted by molar-refractivity contribution is 7.17. The van der Waals surface area contributed by atoms with Crippen LogP contribution in [0.15, 0.2) is 52.6 Å². The van der Waals surface area contributed by atoms with Gasteiger partial charge in [0.05, 0.1) is 6.61 Å². The third-order valence-electron chi connectivity index (χ3n) is 4.67. The summed E-state index contributed by atoms with van der Waals surface area (Å²) in [5.41, 5.74) is 4.84. The van der Waals surface area contributed by atoms with Gasteiger partial charge in [0.25, 0.3) is 5.56 Å². The predicted octanol–water partition coefficient (Wildman–Crippen LogP) is 4.43. The number of halogens is 1. The largest absolute Gasteiger partial charge is 0.392 e. The van der Waals surface area contributed by atoms with Crippen molar-refractivity contribution in [3.63, 3.8) is 0 Å². The number of aromatic amines is 1. The number of rotatable bonds is 5. The third kappa shape index (κ3) is 3.51. The molecular formula is C21H21ClN2O2S. The topological polar surface area (TPSA) is 65.1 Å². The van der Waals surface area contributed by atoms with E-state index in [0.717, 1.165) is 50.8 Å². The molecule has 0 spiro atoms. The number of H-pyrrole nitrogens is 1. The van der Waals surface area contributed by atoms with Crippen LogP contribution in [0.4, 0.5) is 0 Å². The molecule has 0 amide bonds. The molecule has 0 saturated carbocycles. The third-order valence-corrected chi connectivity index (χ3v) is 5.59. The van der Waals surface area contributed by atoms with Crippen molar-refractivity contribution in [1.29, 1.82) is 0 Å². The van der Waals surface area contributed by atoms with Gasteiger partial charge in [0.15, 0.2) is 0 Å². The molecule has 0 aliphatic heterocycles. The Labute approximate surface area is 167 Å². The van der Waals surface area contributed by atoms with Gasteiger partial charge >= 0.3 is 0 Å². The monoisotopic (exact) mass is 400 g/mol. The number of hydrogen-bond donors (Lipinski definition) is 3. The Morgan fingerprint density at radius 1 is 1.11 bits per heavy atom. The molecule has 0 radical (unpaired) electrons. The summed E-state index contributed by atoms with van der Waals surface area (Å²) in [4.78, 5) is 15.3. The lowest BCUT2D eigenvalue weighted by molar-refractivity contribution is 0.282. The highest BCUT2D eigenvalue weighted by Gasteiger charge is 2.15. The Balaban J connectivity index is 0.00000210. The molecule has 2 aromatic heterocycles. The van der Waals surface area contributed by atoms with Crippen molar-refractivity contribution >= 4 is 44.7 Å². The van der Waals surface area contributed by atoms with Crippen molar-refractivity contribution in [1.82, 2.24) is 10.3 Å². The second kappa shape index (κ2) is 8.23. The van der Waals surface area contributed by atoms with Crippen molar-refractivity contribution in [2.24, 2.45) is 0 Å². The van der Waals surface area contributed by atoms with Crippen LogP contribution in [0.1, 0.15) is 18.1 Å². The number of thiophene rings is 1. The van der Waals surface area contributed by atoms with Crippen LogP contribution in [-0.2, 0) is 13.2 Å². The summed E-state index contributed by atoms with van der Waals surface area (Å²) in [5, 5.41) is 17.1. The minimum absolute atomic E-state index is 0. The first-order chi connectivity index (χ1) is 12.7. The van der Waals surface area contributed by atoms with Gasteiger partial charge in [-0.05, 0) is 46.3 Å². The predicted molar refractivity (Wildman–Crippen MR) is 116 cm³/mol. The van der Waals surface area contributed by atoms with Crippen LogP contribution in [0.25, 0.3) is 32.1 Å². The van der Waals surface area contributed by atoms with E-state index in [1.807, 2.05) is 23.6 Å². The normalized spacial score (nSPS) is 11.0. The van der Waals surface area contributed by atoms with Gasteiger partial charge < -0.3 is 15.4 Å². The van der Waals surface area contributed by atoms with E-state index in [2.05, 4.69) is 41.5 Å². The summed E-state index contributed by atoms with van der Waals surface area (Å²) in [7, 11) is 0. The number of benzene rings is 2. The zero-order valence-corrected chi connectivity index (χ0v) is 16.5. The molecule has 0 atom stereocenters. The zero-order valence-electron chi connectivity index (χ0n) is 14.9. The fraction of sp³-hybridized carbons (Fsp3) is 0.190. The van der Waals surface area contributed by atoms with Crippen LogP contribution in [0.2, 0.25) is 0 Å². The van der Waals surface area contributed by atoms with E-state index in [1.54, 1.807) is 0 Å². The van der Waals surface area contributed by atoms with Crippen molar-refractivity contribution in [2.45, 2.75) is 20.1 Å². The second-order valence-corrected chi connectivity index (χ2v) is 7.19. The molecule has 0 bridgehead atoms.